The van der Waals surface area contributed by atoms with E-state index < -0.39 is 29.3 Å². The molecule has 3 heterocycles. The standard InChI is InChI=1S/C27H20F2N4O3/c1-16(2)23-21(26(35)33(30-23)18-12-10-17(28)11-13-18)22-24(31-14-6-3-7-15-31)27(36)32(25(22)34)20-9-5-4-8-19(20)29/h3-16H,1-2H3. The van der Waals surface area contributed by atoms with Crippen LogP contribution in [0.4, 0.5) is 14.5 Å². The molecule has 0 atom stereocenters. The topological polar surface area (TPSA) is 82.1 Å². The van der Waals surface area contributed by atoms with Crippen molar-refractivity contribution in [1.82, 2.24) is 9.78 Å². The third kappa shape index (κ3) is 3.65. The summed E-state index contributed by atoms with van der Waals surface area (Å²) in [6.07, 6.45) is 3.13. The number of carbonyl (C=O) groups excluding carboxylic acids is 2. The molecule has 0 fully saturated rings. The molecule has 2 aromatic carbocycles. The van der Waals surface area contributed by atoms with Crippen molar-refractivity contribution in [2.24, 2.45) is 0 Å². The van der Waals surface area contributed by atoms with Gasteiger partial charge in [-0.25, -0.2) is 18.4 Å². The van der Waals surface area contributed by atoms with E-state index in [2.05, 4.69) is 5.10 Å². The quantitative estimate of drug-likeness (QED) is 0.319. The molecule has 2 aromatic heterocycles. The number of pyridine rings is 1. The Morgan fingerprint density at radius 1 is 0.889 bits per heavy atom. The Kier molecular flexibility index (Phi) is 5.68. The molecule has 7 nitrogen and oxygen atoms in total. The Hall–Kier alpha value is -4.66. The number of halogens is 2. The summed E-state index contributed by atoms with van der Waals surface area (Å²) < 4.78 is 30.7. The Morgan fingerprint density at radius 3 is 2.19 bits per heavy atom. The van der Waals surface area contributed by atoms with Crippen LogP contribution in [0, 0.1) is 11.6 Å². The highest BCUT2D eigenvalue weighted by Gasteiger charge is 2.48. The number of anilines is 1. The van der Waals surface area contributed by atoms with Gasteiger partial charge in [-0.05, 0) is 48.2 Å². The fraction of sp³-hybridized carbons (Fsp3) is 0.111. The summed E-state index contributed by atoms with van der Waals surface area (Å²) >= 11 is 0. The summed E-state index contributed by atoms with van der Waals surface area (Å²) in [6.45, 7) is 3.60. The van der Waals surface area contributed by atoms with E-state index in [1.165, 1.54) is 47.0 Å². The van der Waals surface area contributed by atoms with Gasteiger partial charge >= 0.3 is 5.91 Å². The van der Waals surface area contributed by atoms with Gasteiger partial charge in [0.1, 0.15) is 17.2 Å². The fourth-order valence-electron chi connectivity index (χ4n) is 4.20. The van der Waals surface area contributed by atoms with E-state index in [-0.39, 0.29) is 34.1 Å². The van der Waals surface area contributed by atoms with Crippen LogP contribution in [0.2, 0.25) is 0 Å². The minimum atomic E-state index is -0.839. The SMILES string of the molecule is CC(C)c1nn(-c2ccc(F)cc2)c([O-])c1C1=C([n+]2ccccc2)C(=O)N(c2ccccc2F)C1=O. The van der Waals surface area contributed by atoms with Gasteiger partial charge in [0.15, 0.2) is 12.4 Å². The highest BCUT2D eigenvalue weighted by molar-refractivity contribution is 6.53. The first kappa shape index (κ1) is 23.1. The zero-order chi connectivity index (χ0) is 25.6. The number of para-hydroxylation sites is 1. The summed E-state index contributed by atoms with van der Waals surface area (Å²) in [5.41, 5.74) is 0.0265. The number of nitrogens with zero attached hydrogens (tertiary/aromatic N) is 4. The molecule has 0 N–H and O–H groups in total. The van der Waals surface area contributed by atoms with Gasteiger partial charge in [-0.15, -0.1) is 0 Å². The maximum absolute atomic E-state index is 14.7. The van der Waals surface area contributed by atoms with Gasteiger partial charge in [-0.1, -0.05) is 32.0 Å². The number of aromatic nitrogens is 3. The molecule has 0 aliphatic carbocycles. The van der Waals surface area contributed by atoms with E-state index in [0.717, 1.165) is 15.6 Å². The molecular formula is C27H20F2N4O3. The van der Waals surface area contributed by atoms with E-state index in [9.17, 15) is 23.5 Å². The molecule has 1 aliphatic rings. The average Bonchev–Trinajstić information content (AvgIpc) is 3.33. The lowest BCUT2D eigenvalue weighted by atomic mass is 9.98. The number of imide groups is 1. The fourth-order valence-corrected chi connectivity index (χ4v) is 4.20. The van der Waals surface area contributed by atoms with Gasteiger partial charge in [-0.2, -0.15) is 9.67 Å². The minimum Gasteiger partial charge on any atom is -0.858 e. The first-order chi connectivity index (χ1) is 17.3. The van der Waals surface area contributed by atoms with Crippen molar-refractivity contribution >= 4 is 28.8 Å². The number of rotatable bonds is 5. The second-order valence-electron chi connectivity index (χ2n) is 8.51. The number of amides is 2. The zero-order valence-electron chi connectivity index (χ0n) is 19.4. The molecule has 4 aromatic rings. The van der Waals surface area contributed by atoms with E-state index in [4.69, 9.17) is 0 Å². The first-order valence-corrected chi connectivity index (χ1v) is 11.2. The Bertz CT molecular complexity index is 1530. The maximum Gasteiger partial charge on any atom is 0.331 e. The van der Waals surface area contributed by atoms with E-state index >= 15 is 0 Å². The molecule has 2 amide bonds. The van der Waals surface area contributed by atoms with E-state index in [1.807, 2.05) is 0 Å². The third-order valence-electron chi connectivity index (χ3n) is 5.86. The van der Waals surface area contributed by atoms with Gasteiger partial charge in [0.25, 0.3) is 11.6 Å². The maximum atomic E-state index is 14.7. The van der Waals surface area contributed by atoms with E-state index in [1.54, 1.807) is 44.4 Å². The Labute approximate surface area is 205 Å². The third-order valence-corrected chi connectivity index (χ3v) is 5.86. The highest BCUT2D eigenvalue weighted by atomic mass is 19.1. The minimum absolute atomic E-state index is 0.0575. The lowest BCUT2D eigenvalue weighted by Gasteiger charge is -2.16. The molecule has 0 spiro atoms. The van der Waals surface area contributed by atoms with Crippen LogP contribution in [0.15, 0.2) is 79.1 Å². The monoisotopic (exact) mass is 486 g/mol. The molecule has 5 rings (SSSR count). The van der Waals surface area contributed by atoms with Crippen molar-refractivity contribution < 1.29 is 28.0 Å². The Morgan fingerprint density at radius 2 is 1.56 bits per heavy atom. The predicted octanol–water partition coefficient (Wildman–Crippen LogP) is 3.58. The van der Waals surface area contributed by atoms with Gasteiger partial charge in [0, 0.05) is 17.7 Å². The van der Waals surface area contributed by atoms with Crippen LogP contribution in [0.1, 0.15) is 31.0 Å². The largest absolute Gasteiger partial charge is 0.858 e. The lowest BCUT2D eigenvalue weighted by Crippen LogP contribution is -2.39. The van der Waals surface area contributed by atoms with Crippen LogP contribution in [0.3, 0.4) is 0 Å². The van der Waals surface area contributed by atoms with Gasteiger partial charge < -0.3 is 5.11 Å². The van der Waals surface area contributed by atoms with Gasteiger partial charge in [0.2, 0.25) is 0 Å². The van der Waals surface area contributed by atoms with Crippen LogP contribution in [-0.4, -0.2) is 21.6 Å². The Balaban J connectivity index is 1.79. The normalized spacial score (nSPS) is 13.9. The van der Waals surface area contributed by atoms with Crippen molar-refractivity contribution in [3.05, 3.63) is 102 Å². The lowest BCUT2D eigenvalue weighted by molar-refractivity contribution is -0.576. The molecule has 1 aliphatic heterocycles. The van der Waals surface area contributed by atoms with Crippen molar-refractivity contribution in [3.8, 4) is 11.6 Å². The summed E-state index contributed by atoms with van der Waals surface area (Å²) in [4.78, 5) is 28.2. The van der Waals surface area contributed by atoms with Crippen LogP contribution in [0.25, 0.3) is 17.0 Å². The predicted molar refractivity (Wildman–Crippen MR) is 126 cm³/mol. The summed E-state index contributed by atoms with van der Waals surface area (Å²) in [6, 6.07) is 15.7. The van der Waals surface area contributed by atoms with Crippen molar-refractivity contribution in [2.45, 2.75) is 19.8 Å². The first-order valence-electron chi connectivity index (χ1n) is 11.2. The van der Waals surface area contributed by atoms with Crippen LogP contribution in [-0.2, 0) is 9.59 Å². The van der Waals surface area contributed by atoms with Crippen molar-refractivity contribution in [1.29, 1.82) is 0 Å². The molecular weight excluding hydrogens is 466 g/mol. The molecule has 0 bridgehead atoms. The van der Waals surface area contributed by atoms with Crippen LogP contribution in [0.5, 0.6) is 5.88 Å². The number of hydrogen-bond acceptors (Lipinski definition) is 4. The number of carbonyl (C=O) groups is 2. The molecule has 0 saturated heterocycles. The highest BCUT2D eigenvalue weighted by Crippen LogP contribution is 2.40. The number of benzene rings is 2. The summed E-state index contributed by atoms with van der Waals surface area (Å²) in [5, 5.41) is 18.2. The number of hydrogen-bond donors (Lipinski definition) is 0. The average molecular weight is 486 g/mol. The molecule has 0 unspecified atom stereocenters. The van der Waals surface area contributed by atoms with Crippen LogP contribution < -0.4 is 14.6 Å². The van der Waals surface area contributed by atoms with Crippen molar-refractivity contribution in [3.63, 3.8) is 0 Å². The van der Waals surface area contributed by atoms with Crippen molar-refractivity contribution in [2.75, 3.05) is 4.90 Å². The second-order valence-corrected chi connectivity index (χ2v) is 8.51. The molecule has 0 saturated carbocycles. The van der Waals surface area contributed by atoms with Gasteiger partial charge in [0.05, 0.1) is 17.1 Å². The molecule has 36 heavy (non-hydrogen) atoms. The molecule has 0 radical (unpaired) electrons. The summed E-state index contributed by atoms with van der Waals surface area (Å²) in [7, 11) is 0. The van der Waals surface area contributed by atoms with Crippen LogP contribution >= 0.6 is 0 Å². The smallest absolute Gasteiger partial charge is 0.331 e. The zero-order valence-corrected chi connectivity index (χ0v) is 19.4. The molecule has 180 valence electrons. The van der Waals surface area contributed by atoms with E-state index in [0.29, 0.717) is 5.69 Å². The summed E-state index contributed by atoms with van der Waals surface area (Å²) in [5.74, 6) is -3.81. The molecule has 9 heteroatoms. The second kappa shape index (κ2) is 8.84. The van der Waals surface area contributed by atoms with Gasteiger partial charge in [-0.3, -0.25) is 9.59 Å².